The Morgan fingerprint density at radius 3 is 2.55 bits per heavy atom. The molecule has 0 atom stereocenters. The highest BCUT2D eigenvalue weighted by atomic mass is 32.2. The highest BCUT2D eigenvalue weighted by Gasteiger charge is 2.20. The number of amides is 2. The summed E-state index contributed by atoms with van der Waals surface area (Å²) >= 11 is 2.76. The second-order valence-corrected chi connectivity index (χ2v) is 9.44. The second-order valence-electron chi connectivity index (χ2n) is 7.14. The number of nitrogens with two attached hydrogens (primary N) is 1. The van der Waals surface area contributed by atoms with E-state index in [0.717, 1.165) is 9.97 Å². The first-order chi connectivity index (χ1) is 13.7. The van der Waals surface area contributed by atoms with Crippen molar-refractivity contribution in [1.29, 1.82) is 0 Å². The largest absolute Gasteiger partial charge is 0.444 e. The number of aromatic nitrogens is 2. The second kappa shape index (κ2) is 8.66. The third kappa shape index (κ3) is 5.58. The minimum Gasteiger partial charge on any atom is -0.444 e. The summed E-state index contributed by atoms with van der Waals surface area (Å²) in [6.45, 7) is 6.18. The Balaban J connectivity index is 1.53. The zero-order valence-electron chi connectivity index (χ0n) is 16.2. The molecule has 0 aliphatic carbocycles. The quantitative estimate of drug-likeness (QED) is 0.318. The smallest absolute Gasteiger partial charge is 0.315 e. The first-order valence-corrected chi connectivity index (χ1v) is 10.5. The predicted octanol–water partition coefficient (Wildman–Crippen LogP) is 3.88. The number of nitrogens with one attached hydrogen (secondary N) is 2. The SMILES string of the molecule is CC(C)(C)c1cnc(CSc2cnc(NC(=O)C(=O)Nc3ccccc3N)s2)o1. The first-order valence-electron chi connectivity index (χ1n) is 8.73. The molecule has 0 bridgehead atoms. The molecular formula is C19H21N5O3S2. The van der Waals surface area contributed by atoms with E-state index in [9.17, 15) is 9.59 Å². The summed E-state index contributed by atoms with van der Waals surface area (Å²) in [6.07, 6.45) is 3.37. The number of nitrogens with zero attached hydrogens (tertiary/aromatic N) is 2. The summed E-state index contributed by atoms with van der Waals surface area (Å²) in [5, 5.41) is 5.29. The number of hydrogen-bond donors (Lipinski definition) is 3. The van der Waals surface area contributed by atoms with Gasteiger partial charge in [0, 0.05) is 5.41 Å². The third-order valence-electron chi connectivity index (χ3n) is 3.75. The summed E-state index contributed by atoms with van der Waals surface area (Å²) in [4.78, 5) is 32.5. The molecule has 0 fully saturated rings. The Morgan fingerprint density at radius 2 is 1.86 bits per heavy atom. The Morgan fingerprint density at radius 1 is 1.14 bits per heavy atom. The minimum absolute atomic E-state index is 0.0944. The Kier molecular flexibility index (Phi) is 6.23. The zero-order chi connectivity index (χ0) is 21.0. The molecule has 8 nitrogen and oxygen atoms in total. The van der Waals surface area contributed by atoms with Crippen LogP contribution in [-0.2, 0) is 20.8 Å². The Bertz CT molecular complexity index is 1020. The van der Waals surface area contributed by atoms with Gasteiger partial charge in [0.15, 0.2) is 5.13 Å². The van der Waals surface area contributed by atoms with Crippen LogP contribution in [0.1, 0.15) is 32.4 Å². The molecule has 0 aliphatic rings. The minimum atomic E-state index is -0.818. The van der Waals surface area contributed by atoms with Crippen LogP contribution in [0.5, 0.6) is 0 Å². The maximum atomic E-state index is 12.1. The van der Waals surface area contributed by atoms with Gasteiger partial charge in [0.05, 0.1) is 33.7 Å². The van der Waals surface area contributed by atoms with Crippen LogP contribution in [-0.4, -0.2) is 21.8 Å². The van der Waals surface area contributed by atoms with E-state index < -0.39 is 11.8 Å². The molecule has 10 heteroatoms. The number of rotatable bonds is 5. The van der Waals surface area contributed by atoms with E-state index >= 15 is 0 Å². The van der Waals surface area contributed by atoms with Gasteiger partial charge in [-0.3, -0.25) is 14.9 Å². The topological polar surface area (TPSA) is 123 Å². The van der Waals surface area contributed by atoms with Crippen LogP contribution in [0.3, 0.4) is 0 Å². The molecular weight excluding hydrogens is 410 g/mol. The van der Waals surface area contributed by atoms with Gasteiger partial charge in [-0.05, 0) is 12.1 Å². The molecule has 152 valence electrons. The van der Waals surface area contributed by atoms with Gasteiger partial charge in [0.25, 0.3) is 0 Å². The summed E-state index contributed by atoms with van der Waals surface area (Å²) in [6, 6.07) is 6.71. The number of oxazole rings is 1. The van der Waals surface area contributed by atoms with Gasteiger partial charge in [-0.25, -0.2) is 9.97 Å². The molecule has 0 spiro atoms. The molecule has 0 saturated heterocycles. The van der Waals surface area contributed by atoms with Gasteiger partial charge in [0.2, 0.25) is 5.89 Å². The molecule has 4 N–H and O–H groups in total. The van der Waals surface area contributed by atoms with Crippen molar-refractivity contribution in [2.75, 3.05) is 16.4 Å². The van der Waals surface area contributed by atoms with Gasteiger partial charge in [0.1, 0.15) is 5.76 Å². The van der Waals surface area contributed by atoms with Crippen LogP contribution in [0, 0.1) is 0 Å². The average molecular weight is 432 g/mol. The molecule has 3 rings (SSSR count). The maximum absolute atomic E-state index is 12.1. The number of thioether (sulfide) groups is 1. The lowest BCUT2D eigenvalue weighted by molar-refractivity contribution is -0.132. The van der Waals surface area contributed by atoms with Crippen molar-refractivity contribution < 1.29 is 14.0 Å². The fraction of sp³-hybridized carbons (Fsp3) is 0.263. The number of carbonyl (C=O) groups is 2. The van der Waals surface area contributed by atoms with Crippen LogP contribution >= 0.6 is 23.1 Å². The van der Waals surface area contributed by atoms with Crippen molar-refractivity contribution in [3.8, 4) is 0 Å². The van der Waals surface area contributed by atoms with E-state index in [0.29, 0.717) is 28.1 Å². The van der Waals surface area contributed by atoms with Crippen molar-refractivity contribution >= 4 is 51.4 Å². The Hall–Kier alpha value is -2.85. The fourth-order valence-corrected chi connectivity index (χ4v) is 3.91. The summed E-state index contributed by atoms with van der Waals surface area (Å²) < 4.78 is 6.62. The maximum Gasteiger partial charge on any atom is 0.315 e. The molecule has 3 aromatic rings. The van der Waals surface area contributed by atoms with Crippen LogP contribution < -0.4 is 16.4 Å². The van der Waals surface area contributed by atoms with Gasteiger partial charge < -0.3 is 15.5 Å². The summed E-state index contributed by atoms with van der Waals surface area (Å²) in [5.74, 6) is 0.358. The zero-order valence-corrected chi connectivity index (χ0v) is 17.8. The lowest BCUT2D eigenvalue weighted by Crippen LogP contribution is -2.29. The third-order valence-corrected chi connectivity index (χ3v) is 5.84. The van der Waals surface area contributed by atoms with E-state index in [4.69, 9.17) is 10.2 Å². The van der Waals surface area contributed by atoms with Crippen molar-refractivity contribution in [3.63, 3.8) is 0 Å². The van der Waals surface area contributed by atoms with Crippen LogP contribution in [0.2, 0.25) is 0 Å². The van der Waals surface area contributed by atoms with E-state index in [1.54, 1.807) is 36.7 Å². The summed E-state index contributed by atoms with van der Waals surface area (Å²) in [7, 11) is 0. The van der Waals surface area contributed by atoms with Crippen LogP contribution in [0.15, 0.2) is 45.3 Å². The number of carbonyl (C=O) groups excluding carboxylic acids is 2. The van der Waals surface area contributed by atoms with E-state index in [1.807, 2.05) is 0 Å². The normalized spacial score (nSPS) is 11.3. The molecule has 2 heterocycles. The number of benzene rings is 1. The van der Waals surface area contributed by atoms with Gasteiger partial charge in [-0.15, -0.1) is 11.8 Å². The van der Waals surface area contributed by atoms with E-state index in [2.05, 4.69) is 41.4 Å². The van der Waals surface area contributed by atoms with Crippen molar-refractivity contribution in [3.05, 3.63) is 48.3 Å². The fourth-order valence-electron chi connectivity index (χ4n) is 2.18. The predicted molar refractivity (Wildman–Crippen MR) is 115 cm³/mol. The molecule has 2 amide bonds. The van der Waals surface area contributed by atoms with Crippen LogP contribution in [0.25, 0.3) is 0 Å². The van der Waals surface area contributed by atoms with Crippen molar-refractivity contribution in [2.45, 2.75) is 36.1 Å². The molecule has 0 radical (unpaired) electrons. The monoisotopic (exact) mass is 431 g/mol. The van der Waals surface area contributed by atoms with Crippen molar-refractivity contribution in [1.82, 2.24) is 9.97 Å². The molecule has 29 heavy (non-hydrogen) atoms. The Labute approximate surface area is 176 Å². The van der Waals surface area contributed by atoms with E-state index in [1.165, 1.54) is 23.1 Å². The van der Waals surface area contributed by atoms with Gasteiger partial charge in [-0.2, -0.15) is 0 Å². The standard InChI is InChI=1S/C19H21N5O3S2/c1-19(2,3)13-8-21-14(27-13)10-28-15-9-22-18(29-15)24-17(26)16(25)23-12-7-5-4-6-11(12)20/h4-9H,10,20H2,1-3H3,(H,23,25)(H,22,24,26). The number of para-hydroxylation sites is 2. The first kappa shape index (κ1) is 20.9. The highest BCUT2D eigenvalue weighted by molar-refractivity contribution is 8.00. The molecule has 0 saturated carbocycles. The average Bonchev–Trinajstić information content (AvgIpc) is 3.31. The molecule has 0 unspecified atom stereocenters. The number of hydrogen-bond acceptors (Lipinski definition) is 8. The number of nitrogen functional groups attached to an aromatic ring is 1. The summed E-state index contributed by atoms with van der Waals surface area (Å²) in [5.41, 5.74) is 6.42. The van der Waals surface area contributed by atoms with Crippen LogP contribution in [0.4, 0.5) is 16.5 Å². The van der Waals surface area contributed by atoms with Crippen molar-refractivity contribution in [2.24, 2.45) is 0 Å². The lowest BCUT2D eigenvalue weighted by Gasteiger charge is -2.12. The van der Waals surface area contributed by atoms with Gasteiger partial charge >= 0.3 is 11.8 Å². The van der Waals surface area contributed by atoms with Gasteiger partial charge in [-0.1, -0.05) is 44.2 Å². The van der Waals surface area contributed by atoms with E-state index in [-0.39, 0.29) is 5.41 Å². The molecule has 1 aromatic carbocycles. The lowest BCUT2D eigenvalue weighted by atomic mass is 9.94. The highest BCUT2D eigenvalue weighted by Crippen LogP contribution is 2.31. The number of thiazole rings is 1. The molecule has 0 aliphatic heterocycles. The number of anilines is 3. The molecule has 2 aromatic heterocycles.